The summed E-state index contributed by atoms with van der Waals surface area (Å²) in [7, 11) is 3.18. The number of halogens is 2. The highest BCUT2D eigenvalue weighted by atomic mass is 35.5. The Morgan fingerprint density at radius 1 is 1.28 bits per heavy atom. The predicted molar refractivity (Wildman–Crippen MR) is 74.0 cm³/mol. The van der Waals surface area contributed by atoms with Crippen molar-refractivity contribution in [3.63, 3.8) is 0 Å². The third-order valence-electron chi connectivity index (χ3n) is 2.64. The average Bonchev–Trinajstić information content (AvgIpc) is 2.44. The van der Waals surface area contributed by atoms with Crippen molar-refractivity contribution in [1.82, 2.24) is 10.3 Å². The molecular weight excluding hydrogens is 275 g/mol. The Morgan fingerprint density at radius 2 is 1.94 bits per heavy atom. The van der Waals surface area contributed by atoms with Gasteiger partial charge in [0.1, 0.15) is 0 Å². The molecule has 4 nitrogen and oxygen atoms in total. The molecule has 102 valence electrons. The van der Waals surface area contributed by atoms with Crippen molar-refractivity contribution in [2.24, 2.45) is 0 Å². The summed E-state index contributed by atoms with van der Waals surface area (Å²) in [5.74, 6) is 2.12. The zero-order valence-corrected chi connectivity index (χ0v) is 12.3. The van der Waals surface area contributed by atoms with Crippen molar-refractivity contribution in [1.29, 1.82) is 0 Å². The molecule has 0 amide bonds. The average molecular weight is 293 g/mol. The second kappa shape index (κ2) is 7.02. The van der Waals surface area contributed by atoms with E-state index in [1.54, 1.807) is 26.5 Å². The lowest BCUT2D eigenvalue weighted by Gasteiger charge is -2.26. The van der Waals surface area contributed by atoms with Crippen LogP contribution in [0.3, 0.4) is 0 Å². The van der Waals surface area contributed by atoms with Crippen LogP contribution in [0.1, 0.15) is 12.6 Å². The van der Waals surface area contributed by atoms with Crippen LogP contribution in [0.25, 0.3) is 0 Å². The molecule has 0 spiro atoms. The molecule has 6 heteroatoms. The van der Waals surface area contributed by atoms with Gasteiger partial charge >= 0.3 is 0 Å². The lowest BCUT2D eigenvalue weighted by molar-refractivity contribution is 0.344. The first-order chi connectivity index (χ1) is 8.60. The van der Waals surface area contributed by atoms with Crippen LogP contribution in [0.4, 0.5) is 0 Å². The highest BCUT2D eigenvalue weighted by molar-refractivity contribution is 6.22. The van der Waals surface area contributed by atoms with E-state index < -0.39 is 0 Å². The molecule has 1 aromatic heterocycles. The summed E-state index contributed by atoms with van der Waals surface area (Å²) < 4.78 is 10.5. The minimum atomic E-state index is -0.334. The molecular formula is C12H18Cl2N2O2. The Kier molecular flexibility index (Phi) is 5.99. The number of alkyl halides is 2. The number of nitrogens with one attached hydrogen (secondary N) is 1. The molecule has 0 saturated heterocycles. The van der Waals surface area contributed by atoms with E-state index in [0.717, 1.165) is 5.69 Å². The van der Waals surface area contributed by atoms with Gasteiger partial charge in [-0.05, 0) is 6.92 Å². The maximum Gasteiger partial charge on any atom is 0.183 e. The van der Waals surface area contributed by atoms with Crippen LogP contribution in [0.5, 0.6) is 11.5 Å². The molecule has 1 N–H and O–H groups in total. The van der Waals surface area contributed by atoms with Gasteiger partial charge < -0.3 is 14.8 Å². The van der Waals surface area contributed by atoms with Crippen molar-refractivity contribution in [2.75, 3.05) is 26.0 Å². The molecule has 1 aromatic rings. The number of hydrogen-bond acceptors (Lipinski definition) is 4. The third-order valence-corrected chi connectivity index (χ3v) is 3.82. The minimum absolute atomic E-state index is 0.334. The Morgan fingerprint density at radius 3 is 2.44 bits per heavy atom. The highest BCUT2D eigenvalue weighted by Gasteiger charge is 2.22. The third kappa shape index (κ3) is 3.64. The second-order valence-corrected chi connectivity index (χ2v) is 4.71. The van der Waals surface area contributed by atoms with E-state index in [-0.39, 0.29) is 5.54 Å². The maximum absolute atomic E-state index is 5.88. The zero-order chi connectivity index (χ0) is 13.6. The second-order valence-electron chi connectivity index (χ2n) is 4.17. The van der Waals surface area contributed by atoms with Crippen LogP contribution >= 0.6 is 23.2 Å². The fourth-order valence-corrected chi connectivity index (χ4v) is 1.88. The maximum atomic E-state index is 5.88. The summed E-state index contributed by atoms with van der Waals surface area (Å²) in [6, 6.07) is 1.75. The first-order valence-electron chi connectivity index (χ1n) is 5.53. The van der Waals surface area contributed by atoms with E-state index in [2.05, 4.69) is 10.3 Å². The number of aromatic nitrogens is 1. The monoisotopic (exact) mass is 292 g/mol. The number of pyridine rings is 1. The quantitative estimate of drug-likeness (QED) is 0.784. The summed E-state index contributed by atoms with van der Waals surface area (Å²) in [6.07, 6.45) is 1.68. The van der Waals surface area contributed by atoms with Gasteiger partial charge in [-0.25, -0.2) is 0 Å². The molecule has 0 aliphatic rings. The van der Waals surface area contributed by atoms with Gasteiger partial charge in [0.25, 0.3) is 0 Å². The van der Waals surface area contributed by atoms with Crippen molar-refractivity contribution >= 4 is 23.2 Å². The van der Waals surface area contributed by atoms with E-state index in [1.165, 1.54) is 0 Å². The molecule has 1 rings (SSSR count). The molecule has 0 aromatic carbocycles. The van der Waals surface area contributed by atoms with Gasteiger partial charge in [-0.15, -0.1) is 23.2 Å². The van der Waals surface area contributed by atoms with Crippen LogP contribution in [-0.2, 0) is 6.54 Å². The molecule has 0 radical (unpaired) electrons. The number of ether oxygens (including phenoxy) is 2. The van der Waals surface area contributed by atoms with Crippen LogP contribution in [0, 0.1) is 0 Å². The van der Waals surface area contributed by atoms with Gasteiger partial charge in [0.05, 0.1) is 19.9 Å². The first kappa shape index (κ1) is 15.3. The molecule has 0 aliphatic heterocycles. The number of hydrogen-bond donors (Lipinski definition) is 1. The molecule has 0 atom stereocenters. The van der Waals surface area contributed by atoms with Gasteiger partial charge in [-0.3, -0.25) is 4.98 Å². The SMILES string of the molecule is COc1ccnc(CNC(C)(CCl)CCl)c1OC. The van der Waals surface area contributed by atoms with Gasteiger partial charge in [0, 0.05) is 36.1 Å². The number of rotatable bonds is 7. The smallest absolute Gasteiger partial charge is 0.183 e. The van der Waals surface area contributed by atoms with Crippen LogP contribution in [0.15, 0.2) is 12.3 Å². The largest absolute Gasteiger partial charge is 0.493 e. The van der Waals surface area contributed by atoms with Crippen LogP contribution in [-0.4, -0.2) is 36.5 Å². The van der Waals surface area contributed by atoms with Crippen molar-refractivity contribution in [3.05, 3.63) is 18.0 Å². The summed E-state index contributed by atoms with van der Waals surface area (Å²) in [5.41, 5.74) is 0.428. The Labute approximate surface area is 118 Å². The van der Waals surface area contributed by atoms with Crippen LogP contribution in [0.2, 0.25) is 0 Å². The van der Waals surface area contributed by atoms with Crippen molar-refractivity contribution in [2.45, 2.75) is 19.0 Å². The lowest BCUT2D eigenvalue weighted by Crippen LogP contribution is -2.45. The van der Waals surface area contributed by atoms with Gasteiger partial charge in [-0.2, -0.15) is 0 Å². The van der Waals surface area contributed by atoms with E-state index in [4.69, 9.17) is 32.7 Å². The normalized spacial score (nSPS) is 11.4. The van der Waals surface area contributed by atoms with E-state index in [9.17, 15) is 0 Å². The fraction of sp³-hybridized carbons (Fsp3) is 0.583. The molecule has 0 fully saturated rings. The molecule has 18 heavy (non-hydrogen) atoms. The fourth-order valence-electron chi connectivity index (χ4n) is 1.40. The van der Waals surface area contributed by atoms with Gasteiger partial charge in [-0.1, -0.05) is 0 Å². The minimum Gasteiger partial charge on any atom is -0.493 e. The molecule has 0 aliphatic carbocycles. The number of nitrogens with zero attached hydrogens (tertiary/aromatic N) is 1. The van der Waals surface area contributed by atoms with E-state index in [0.29, 0.717) is 29.8 Å². The predicted octanol–water partition coefficient (Wildman–Crippen LogP) is 2.42. The summed E-state index contributed by atoms with van der Waals surface area (Å²) in [6.45, 7) is 2.47. The first-order valence-corrected chi connectivity index (χ1v) is 6.60. The topological polar surface area (TPSA) is 43.4 Å². The Balaban J connectivity index is 2.84. The van der Waals surface area contributed by atoms with Crippen molar-refractivity contribution in [3.8, 4) is 11.5 Å². The summed E-state index contributed by atoms with van der Waals surface area (Å²) >= 11 is 11.8. The Bertz CT molecular complexity index is 384. The lowest BCUT2D eigenvalue weighted by atomic mass is 10.1. The Hall–Kier alpha value is -0.710. The van der Waals surface area contributed by atoms with Crippen LogP contribution < -0.4 is 14.8 Å². The van der Waals surface area contributed by atoms with Gasteiger partial charge in [0.2, 0.25) is 0 Å². The van der Waals surface area contributed by atoms with E-state index >= 15 is 0 Å². The van der Waals surface area contributed by atoms with Crippen molar-refractivity contribution < 1.29 is 9.47 Å². The summed E-state index contributed by atoms with van der Waals surface area (Å²) in [5, 5.41) is 3.28. The highest BCUT2D eigenvalue weighted by Crippen LogP contribution is 2.29. The standard InChI is InChI=1S/C12H18Cl2N2O2/c1-12(7-13,8-14)16-6-9-11(18-3)10(17-2)4-5-15-9/h4-5,16H,6-8H2,1-3H3. The molecule has 1 heterocycles. The zero-order valence-electron chi connectivity index (χ0n) is 10.8. The summed E-state index contributed by atoms with van der Waals surface area (Å²) in [4.78, 5) is 4.28. The molecule has 0 unspecified atom stereocenters. The molecule has 0 bridgehead atoms. The molecule has 0 saturated carbocycles. The number of methoxy groups -OCH3 is 2. The van der Waals surface area contributed by atoms with Gasteiger partial charge in [0.15, 0.2) is 11.5 Å². The van der Waals surface area contributed by atoms with E-state index in [1.807, 2.05) is 6.92 Å².